The van der Waals surface area contributed by atoms with E-state index in [1.54, 1.807) is 0 Å². The van der Waals surface area contributed by atoms with E-state index in [4.69, 9.17) is 9.15 Å². The Hall–Kier alpha value is -3.09. The molecule has 1 saturated heterocycles. The van der Waals surface area contributed by atoms with Crippen molar-refractivity contribution in [2.75, 3.05) is 6.61 Å². The van der Waals surface area contributed by atoms with E-state index in [0.29, 0.717) is 0 Å². The van der Waals surface area contributed by atoms with Crippen LogP contribution >= 0.6 is 0 Å². The molecule has 160 valence electrons. The molecule has 5 atom stereocenters. The number of benzene rings is 2. The van der Waals surface area contributed by atoms with Gasteiger partial charge in [0.25, 0.3) is 0 Å². The molecule has 1 aliphatic rings. The molecule has 0 amide bonds. The van der Waals surface area contributed by atoms with Gasteiger partial charge in [-0.1, -0.05) is 0 Å². The zero-order valence-electron chi connectivity index (χ0n) is 15.1. The largest absolute Gasteiger partial charge is 0.507 e. The quantitative estimate of drug-likeness (QED) is 0.191. The van der Waals surface area contributed by atoms with Gasteiger partial charge in [0, 0.05) is 12.1 Å². The zero-order valence-corrected chi connectivity index (χ0v) is 15.1. The first kappa shape index (κ1) is 20.2. The van der Waals surface area contributed by atoms with E-state index in [1.165, 1.54) is 0 Å². The number of hydrogen-bond donors (Lipinski definition) is 8. The van der Waals surface area contributed by atoms with Crippen LogP contribution in [0.1, 0.15) is 11.7 Å². The lowest BCUT2D eigenvalue weighted by Gasteiger charge is -2.40. The molecule has 0 unspecified atom stereocenters. The van der Waals surface area contributed by atoms with E-state index in [9.17, 15) is 45.6 Å². The van der Waals surface area contributed by atoms with Crippen molar-refractivity contribution >= 4 is 21.9 Å². The second-order valence-electron chi connectivity index (χ2n) is 7.05. The fourth-order valence-corrected chi connectivity index (χ4v) is 3.64. The molecule has 1 aliphatic heterocycles. The molecule has 4 rings (SSSR count). The maximum absolute atomic E-state index is 12.9. The first-order valence-corrected chi connectivity index (χ1v) is 8.83. The van der Waals surface area contributed by atoms with Gasteiger partial charge in [-0.15, -0.1) is 0 Å². The van der Waals surface area contributed by atoms with Crippen LogP contribution in [0.5, 0.6) is 23.0 Å². The molecular formula is C19H18O11. The number of fused-ring (bicyclic) bond motifs is 2. The summed E-state index contributed by atoms with van der Waals surface area (Å²) in [4.78, 5) is 12.9. The van der Waals surface area contributed by atoms with E-state index in [1.807, 2.05) is 0 Å². The Labute approximate surface area is 166 Å². The highest BCUT2D eigenvalue weighted by Gasteiger charge is 2.46. The number of aliphatic hydroxyl groups is 4. The van der Waals surface area contributed by atoms with Crippen LogP contribution in [0.2, 0.25) is 0 Å². The average Bonchev–Trinajstić information content (AvgIpc) is 2.69. The highest BCUT2D eigenvalue weighted by atomic mass is 16.5. The second-order valence-corrected chi connectivity index (χ2v) is 7.05. The zero-order chi connectivity index (χ0) is 21.9. The minimum absolute atomic E-state index is 0.123. The summed E-state index contributed by atoms with van der Waals surface area (Å²) in [6.45, 7) is -0.730. The van der Waals surface area contributed by atoms with Crippen LogP contribution in [-0.2, 0) is 4.74 Å². The molecule has 0 bridgehead atoms. The van der Waals surface area contributed by atoms with Gasteiger partial charge in [-0.2, -0.15) is 0 Å². The Kier molecular flexibility index (Phi) is 4.71. The molecule has 0 saturated carbocycles. The van der Waals surface area contributed by atoms with Crippen LogP contribution in [0, 0.1) is 0 Å². The summed E-state index contributed by atoms with van der Waals surface area (Å²) in [7, 11) is 0. The van der Waals surface area contributed by atoms with Gasteiger partial charge in [-0.05, 0) is 6.07 Å². The van der Waals surface area contributed by atoms with E-state index in [-0.39, 0.29) is 16.6 Å². The number of ether oxygens (including phenoxy) is 1. The van der Waals surface area contributed by atoms with Gasteiger partial charge in [-0.3, -0.25) is 4.79 Å². The summed E-state index contributed by atoms with van der Waals surface area (Å²) in [5, 5.41) is 79.4. The molecular weight excluding hydrogens is 404 g/mol. The molecule has 0 aliphatic carbocycles. The minimum Gasteiger partial charge on any atom is -0.507 e. The summed E-state index contributed by atoms with van der Waals surface area (Å²) >= 11 is 0. The maximum Gasteiger partial charge on any atom is 0.204 e. The third-order valence-corrected chi connectivity index (χ3v) is 5.23. The highest BCUT2D eigenvalue weighted by Crippen LogP contribution is 2.45. The molecule has 2 heterocycles. The summed E-state index contributed by atoms with van der Waals surface area (Å²) in [6.07, 6.45) is -8.16. The second kappa shape index (κ2) is 7.00. The van der Waals surface area contributed by atoms with Gasteiger partial charge < -0.3 is 50.0 Å². The Morgan fingerprint density at radius 1 is 0.833 bits per heavy atom. The van der Waals surface area contributed by atoms with Gasteiger partial charge in [-0.25, -0.2) is 0 Å². The van der Waals surface area contributed by atoms with Crippen LogP contribution < -0.4 is 5.43 Å². The number of phenols is 4. The number of rotatable bonds is 2. The fourth-order valence-electron chi connectivity index (χ4n) is 3.64. The molecule has 2 aromatic carbocycles. The van der Waals surface area contributed by atoms with Crippen molar-refractivity contribution < 1.29 is 50.0 Å². The van der Waals surface area contributed by atoms with Crippen molar-refractivity contribution in [3.8, 4) is 23.0 Å². The van der Waals surface area contributed by atoms with Crippen molar-refractivity contribution in [1.82, 2.24) is 0 Å². The molecule has 11 nitrogen and oxygen atoms in total. The van der Waals surface area contributed by atoms with Crippen molar-refractivity contribution in [3.63, 3.8) is 0 Å². The van der Waals surface area contributed by atoms with Gasteiger partial charge >= 0.3 is 0 Å². The van der Waals surface area contributed by atoms with Crippen molar-refractivity contribution in [2.45, 2.75) is 30.5 Å². The van der Waals surface area contributed by atoms with Gasteiger partial charge in [0.2, 0.25) is 5.43 Å². The smallest absolute Gasteiger partial charge is 0.204 e. The summed E-state index contributed by atoms with van der Waals surface area (Å²) < 4.78 is 10.8. The molecule has 0 radical (unpaired) electrons. The first-order valence-electron chi connectivity index (χ1n) is 8.83. The van der Waals surface area contributed by atoms with E-state index in [2.05, 4.69) is 0 Å². The summed E-state index contributed by atoms with van der Waals surface area (Å²) in [5.74, 6) is -2.62. The van der Waals surface area contributed by atoms with Gasteiger partial charge in [0.05, 0.1) is 17.6 Å². The van der Waals surface area contributed by atoms with Crippen LogP contribution in [-0.4, -0.2) is 71.9 Å². The van der Waals surface area contributed by atoms with E-state index < -0.39 is 76.5 Å². The highest BCUT2D eigenvalue weighted by molar-refractivity contribution is 5.96. The van der Waals surface area contributed by atoms with E-state index in [0.717, 1.165) is 18.2 Å². The fraction of sp³-hybridized carbons (Fsp3) is 0.316. The molecule has 0 spiro atoms. The summed E-state index contributed by atoms with van der Waals surface area (Å²) in [5.41, 5.74) is -1.66. The SMILES string of the molecule is O=c1c2cc(O)c(O)cc2oc2cc(O)c([C@H]3O[C@@H](CO)[C@@H](O)[C@@H](O)[C@@H]3O)c(O)c12. The topological polar surface area (TPSA) is 201 Å². The predicted octanol–water partition coefficient (Wildman–Crippen LogP) is -0.717. The van der Waals surface area contributed by atoms with Crippen molar-refractivity contribution in [3.05, 3.63) is 34.0 Å². The Balaban J connectivity index is 1.98. The number of phenolic OH excluding ortho intramolecular Hbond substituents is 4. The maximum atomic E-state index is 12.9. The molecule has 1 aromatic heterocycles. The van der Waals surface area contributed by atoms with Crippen LogP contribution in [0.3, 0.4) is 0 Å². The Bertz CT molecular complexity index is 1200. The average molecular weight is 422 g/mol. The van der Waals surface area contributed by atoms with E-state index >= 15 is 0 Å². The lowest BCUT2D eigenvalue weighted by Crippen LogP contribution is -2.55. The minimum atomic E-state index is -1.81. The van der Waals surface area contributed by atoms with Crippen molar-refractivity contribution in [1.29, 1.82) is 0 Å². The van der Waals surface area contributed by atoms with Crippen LogP contribution in [0.15, 0.2) is 27.4 Å². The van der Waals surface area contributed by atoms with Crippen LogP contribution in [0.25, 0.3) is 21.9 Å². The predicted molar refractivity (Wildman–Crippen MR) is 99.4 cm³/mol. The normalized spacial score (nSPS) is 27.0. The Morgan fingerprint density at radius 3 is 2.13 bits per heavy atom. The van der Waals surface area contributed by atoms with Gasteiger partial charge in [0.15, 0.2) is 11.5 Å². The standard InChI is InChI=1S/C19H18O11/c20-4-11-15(25)17(27)18(28)19(30-11)12-8(23)3-10-13(16(12)26)14(24)5-1-6(21)7(22)2-9(5)29-10/h1-3,11,15,17-23,25-28H,4H2/t11-,15+,17+,18-,19+/m0/s1. The van der Waals surface area contributed by atoms with Crippen molar-refractivity contribution in [2.24, 2.45) is 0 Å². The number of aliphatic hydroxyl groups excluding tert-OH is 4. The Morgan fingerprint density at radius 2 is 1.47 bits per heavy atom. The third kappa shape index (κ3) is 2.83. The number of aromatic hydroxyl groups is 4. The molecule has 11 heteroatoms. The molecule has 30 heavy (non-hydrogen) atoms. The summed E-state index contributed by atoms with van der Waals surface area (Å²) in [6, 6.07) is 2.90. The third-order valence-electron chi connectivity index (χ3n) is 5.23. The van der Waals surface area contributed by atoms with Crippen LogP contribution in [0.4, 0.5) is 0 Å². The molecule has 3 aromatic rings. The lowest BCUT2D eigenvalue weighted by atomic mass is 9.89. The first-order chi connectivity index (χ1) is 14.1. The lowest BCUT2D eigenvalue weighted by molar-refractivity contribution is -0.232. The van der Waals surface area contributed by atoms with Gasteiger partial charge in [0.1, 0.15) is 58.6 Å². The number of hydrogen-bond acceptors (Lipinski definition) is 11. The molecule has 1 fully saturated rings. The molecule has 8 N–H and O–H groups in total. The monoisotopic (exact) mass is 422 g/mol.